The van der Waals surface area contributed by atoms with Gasteiger partial charge in [0.25, 0.3) is 5.56 Å². The molecule has 1 saturated heterocycles. The van der Waals surface area contributed by atoms with Gasteiger partial charge >= 0.3 is 5.97 Å². The molecule has 1 aliphatic heterocycles. The van der Waals surface area contributed by atoms with Crippen molar-refractivity contribution in [1.29, 1.82) is 0 Å². The highest BCUT2D eigenvalue weighted by molar-refractivity contribution is 5.78. The molecule has 7 nitrogen and oxygen atoms in total. The predicted octanol–water partition coefficient (Wildman–Crippen LogP) is 1.57. The number of carbonyl (C=O) groups is 2. The molecule has 0 saturated carbocycles. The molecule has 7 heteroatoms. The van der Waals surface area contributed by atoms with E-state index in [9.17, 15) is 14.4 Å². The quantitative estimate of drug-likeness (QED) is 0.858. The van der Waals surface area contributed by atoms with Gasteiger partial charge in [0.15, 0.2) is 0 Å². The third kappa shape index (κ3) is 4.04. The third-order valence-corrected chi connectivity index (χ3v) is 4.59. The molecular formula is C18H21N3O4. The summed E-state index contributed by atoms with van der Waals surface area (Å²) in [5, 5.41) is 9.65. The summed E-state index contributed by atoms with van der Waals surface area (Å²) in [6.45, 7) is 0.910. The fraction of sp³-hybridized carbons (Fsp3) is 0.444. The number of aromatic nitrogens is 2. The minimum Gasteiger partial charge on any atom is -0.481 e. The van der Waals surface area contributed by atoms with E-state index in [1.807, 2.05) is 6.07 Å². The number of aliphatic carboxylic acids is 1. The molecule has 1 aromatic heterocycles. The highest BCUT2D eigenvalue weighted by Gasteiger charge is 2.27. The normalized spacial score (nSPS) is 17.6. The van der Waals surface area contributed by atoms with Crippen LogP contribution >= 0.6 is 0 Å². The first-order valence-corrected chi connectivity index (χ1v) is 8.53. The van der Waals surface area contributed by atoms with Gasteiger partial charge in [-0.3, -0.25) is 14.4 Å². The van der Waals surface area contributed by atoms with Gasteiger partial charge in [0.2, 0.25) is 5.91 Å². The molecule has 2 N–H and O–H groups in total. The number of hydrogen-bond acceptors (Lipinski definition) is 4. The number of hydrogen-bond donors (Lipinski definition) is 2. The van der Waals surface area contributed by atoms with Crippen LogP contribution in [0.3, 0.4) is 0 Å². The Morgan fingerprint density at radius 3 is 2.92 bits per heavy atom. The van der Waals surface area contributed by atoms with Crippen molar-refractivity contribution in [3.05, 3.63) is 40.4 Å². The molecule has 1 aromatic carbocycles. The fourth-order valence-electron chi connectivity index (χ4n) is 3.22. The van der Waals surface area contributed by atoms with Crippen LogP contribution in [0.2, 0.25) is 0 Å². The predicted molar refractivity (Wildman–Crippen MR) is 92.2 cm³/mol. The lowest BCUT2D eigenvalue weighted by Gasteiger charge is -2.30. The molecule has 0 bridgehead atoms. The summed E-state index contributed by atoms with van der Waals surface area (Å²) in [7, 11) is 0. The lowest BCUT2D eigenvalue weighted by molar-refractivity contribution is -0.145. The Balaban J connectivity index is 1.57. The number of likely N-dealkylation sites (tertiary alicyclic amines) is 1. The van der Waals surface area contributed by atoms with Crippen LogP contribution in [-0.2, 0) is 16.0 Å². The summed E-state index contributed by atoms with van der Waals surface area (Å²) in [6.07, 6.45) is 2.74. The number of H-pyrrole nitrogens is 1. The summed E-state index contributed by atoms with van der Waals surface area (Å²) >= 11 is 0. The molecule has 0 radical (unpaired) electrons. The molecule has 132 valence electrons. The summed E-state index contributed by atoms with van der Waals surface area (Å²) in [4.78, 5) is 44.2. The SMILES string of the molecule is O=C(O)[C@H]1CCCN(C(=O)CCCc2nc3ccccc3c(=O)[nH]2)C1. The average molecular weight is 343 g/mol. The van der Waals surface area contributed by atoms with Crippen molar-refractivity contribution in [2.24, 2.45) is 5.92 Å². The van der Waals surface area contributed by atoms with Crippen molar-refractivity contribution >= 4 is 22.8 Å². The van der Waals surface area contributed by atoms with Crippen molar-refractivity contribution in [2.75, 3.05) is 13.1 Å². The van der Waals surface area contributed by atoms with Gasteiger partial charge < -0.3 is 15.0 Å². The van der Waals surface area contributed by atoms with Gasteiger partial charge in [-0.15, -0.1) is 0 Å². The number of nitrogens with one attached hydrogen (secondary N) is 1. The first-order chi connectivity index (χ1) is 12.0. The van der Waals surface area contributed by atoms with Crippen LogP contribution in [0.5, 0.6) is 0 Å². The van der Waals surface area contributed by atoms with E-state index >= 15 is 0 Å². The zero-order valence-corrected chi connectivity index (χ0v) is 13.9. The van der Waals surface area contributed by atoms with Gasteiger partial charge in [-0.25, -0.2) is 4.98 Å². The number of aromatic amines is 1. The molecule has 25 heavy (non-hydrogen) atoms. The lowest BCUT2D eigenvalue weighted by Crippen LogP contribution is -2.42. The highest BCUT2D eigenvalue weighted by atomic mass is 16.4. The Kier molecular flexibility index (Phi) is 5.11. The molecule has 3 rings (SSSR count). The molecule has 1 aliphatic rings. The second-order valence-corrected chi connectivity index (χ2v) is 6.40. The largest absolute Gasteiger partial charge is 0.481 e. The van der Waals surface area contributed by atoms with Crippen molar-refractivity contribution in [2.45, 2.75) is 32.1 Å². The number of carboxylic acids is 1. The molecule has 0 unspecified atom stereocenters. The van der Waals surface area contributed by atoms with Gasteiger partial charge in [-0.1, -0.05) is 12.1 Å². The molecule has 1 atom stereocenters. The topological polar surface area (TPSA) is 103 Å². The number of carbonyl (C=O) groups excluding carboxylic acids is 1. The van der Waals surface area contributed by atoms with E-state index in [0.717, 1.165) is 6.42 Å². The third-order valence-electron chi connectivity index (χ3n) is 4.59. The van der Waals surface area contributed by atoms with Gasteiger partial charge in [-0.2, -0.15) is 0 Å². The number of amides is 1. The van der Waals surface area contributed by atoms with E-state index in [4.69, 9.17) is 5.11 Å². The Morgan fingerprint density at radius 2 is 2.12 bits per heavy atom. The molecule has 1 fully saturated rings. The maximum Gasteiger partial charge on any atom is 0.308 e. The smallest absolute Gasteiger partial charge is 0.308 e. The molecule has 0 spiro atoms. The average Bonchev–Trinajstić information content (AvgIpc) is 2.62. The number of para-hydroxylation sites is 1. The van der Waals surface area contributed by atoms with E-state index < -0.39 is 11.9 Å². The Bertz CT molecular complexity index is 846. The minimum atomic E-state index is -0.838. The number of rotatable bonds is 5. The zero-order chi connectivity index (χ0) is 17.8. The van der Waals surface area contributed by atoms with Crippen LogP contribution < -0.4 is 5.56 Å². The van der Waals surface area contributed by atoms with Crippen LogP contribution in [0.25, 0.3) is 10.9 Å². The van der Waals surface area contributed by atoms with Crippen LogP contribution in [0.1, 0.15) is 31.5 Å². The summed E-state index contributed by atoms with van der Waals surface area (Å²) in [5.41, 5.74) is 0.472. The van der Waals surface area contributed by atoms with Crippen molar-refractivity contribution in [1.82, 2.24) is 14.9 Å². The van der Waals surface area contributed by atoms with Gasteiger partial charge in [-0.05, 0) is 31.4 Å². The number of benzene rings is 1. The summed E-state index contributed by atoms with van der Waals surface area (Å²) in [6, 6.07) is 7.14. The van der Waals surface area contributed by atoms with E-state index in [1.165, 1.54) is 0 Å². The van der Waals surface area contributed by atoms with Crippen LogP contribution in [0.15, 0.2) is 29.1 Å². The van der Waals surface area contributed by atoms with Gasteiger partial charge in [0, 0.05) is 25.9 Å². The monoisotopic (exact) mass is 343 g/mol. The lowest BCUT2D eigenvalue weighted by atomic mass is 9.98. The van der Waals surface area contributed by atoms with E-state index in [0.29, 0.717) is 55.5 Å². The maximum atomic E-state index is 12.3. The van der Waals surface area contributed by atoms with Crippen molar-refractivity contribution in [3.8, 4) is 0 Å². The molecular weight excluding hydrogens is 322 g/mol. The first kappa shape index (κ1) is 17.1. The standard InChI is InChI=1S/C18H21N3O4/c22-16(21-10-4-5-12(11-21)18(24)25)9-3-8-15-19-14-7-2-1-6-13(14)17(23)20-15/h1-2,6-7,12H,3-5,8-11H2,(H,24,25)(H,19,20,23)/t12-/m0/s1. The summed E-state index contributed by atoms with van der Waals surface area (Å²) < 4.78 is 0. The van der Waals surface area contributed by atoms with E-state index in [2.05, 4.69) is 9.97 Å². The van der Waals surface area contributed by atoms with Crippen LogP contribution in [0, 0.1) is 5.92 Å². The summed E-state index contributed by atoms with van der Waals surface area (Å²) in [5.74, 6) is -0.765. The van der Waals surface area contributed by atoms with E-state index in [-0.39, 0.29) is 11.5 Å². The molecule has 2 heterocycles. The molecule has 0 aliphatic carbocycles. The Morgan fingerprint density at radius 1 is 1.32 bits per heavy atom. The maximum absolute atomic E-state index is 12.3. The first-order valence-electron chi connectivity index (χ1n) is 8.53. The van der Waals surface area contributed by atoms with Crippen LogP contribution in [0.4, 0.5) is 0 Å². The second-order valence-electron chi connectivity index (χ2n) is 6.40. The van der Waals surface area contributed by atoms with Gasteiger partial charge in [0.05, 0.1) is 16.8 Å². The number of piperidine rings is 1. The highest BCUT2D eigenvalue weighted by Crippen LogP contribution is 2.18. The van der Waals surface area contributed by atoms with Crippen molar-refractivity contribution in [3.63, 3.8) is 0 Å². The minimum absolute atomic E-state index is 0.0333. The van der Waals surface area contributed by atoms with Gasteiger partial charge in [0.1, 0.15) is 5.82 Å². The second kappa shape index (κ2) is 7.46. The van der Waals surface area contributed by atoms with Crippen LogP contribution in [-0.4, -0.2) is 44.9 Å². The van der Waals surface area contributed by atoms with E-state index in [1.54, 1.807) is 23.1 Å². The number of fused-ring (bicyclic) bond motifs is 1. The molecule has 1 amide bonds. The number of aryl methyl sites for hydroxylation is 1. The Labute approximate surface area is 144 Å². The Hall–Kier alpha value is -2.70. The fourth-order valence-corrected chi connectivity index (χ4v) is 3.22. The number of carboxylic acid groups (broad SMARTS) is 1. The zero-order valence-electron chi connectivity index (χ0n) is 13.9. The van der Waals surface area contributed by atoms with Crippen molar-refractivity contribution < 1.29 is 14.7 Å². The molecule has 2 aromatic rings. The number of nitrogens with zero attached hydrogens (tertiary/aromatic N) is 2.